The Morgan fingerprint density at radius 1 is 1.29 bits per heavy atom. The van der Waals surface area contributed by atoms with E-state index in [-0.39, 0.29) is 0 Å². The van der Waals surface area contributed by atoms with Crippen LogP contribution >= 0.6 is 15.9 Å². The fourth-order valence-corrected chi connectivity index (χ4v) is 2.07. The molecule has 14 heavy (non-hydrogen) atoms. The molecule has 0 aromatic carbocycles. The van der Waals surface area contributed by atoms with Gasteiger partial charge in [-0.05, 0) is 31.6 Å². The summed E-state index contributed by atoms with van der Waals surface area (Å²) in [6.45, 7) is 1.78. The second-order valence-corrected chi connectivity index (χ2v) is 4.72. The molecule has 0 bridgehead atoms. The van der Waals surface area contributed by atoms with Crippen LogP contribution in [0.4, 0.5) is 0 Å². The predicted octanol–water partition coefficient (Wildman–Crippen LogP) is 2.94. The number of carbonyl (C=O) groups excluding carboxylic acids is 1. The van der Waals surface area contributed by atoms with Crippen molar-refractivity contribution < 1.29 is 9.53 Å². The van der Waals surface area contributed by atoms with Crippen molar-refractivity contribution in [1.29, 1.82) is 0 Å². The standard InChI is InChI=1S/C11H19BrO2/c12-7-1-2-11(13)4-3-10-5-8-14-9-6-10/h10H,1-9H2. The summed E-state index contributed by atoms with van der Waals surface area (Å²) in [5.41, 5.74) is 0. The van der Waals surface area contributed by atoms with Crippen molar-refractivity contribution in [3.63, 3.8) is 0 Å². The van der Waals surface area contributed by atoms with E-state index in [1.807, 2.05) is 0 Å². The number of ketones is 1. The Bertz CT molecular complexity index is 165. The number of halogens is 1. The zero-order valence-corrected chi connectivity index (χ0v) is 10.2. The highest BCUT2D eigenvalue weighted by Crippen LogP contribution is 2.20. The van der Waals surface area contributed by atoms with Crippen LogP contribution in [0.2, 0.25) is 0 Å². The van der Waals surface area contributed by atoms with Gasteiger partial charge in [0.2, 0.25) is 0 Å². The molecular weight excluding hydrogens is 244 g/mol. The third-order valence-corrected chi connectivity index (χ3v) is 3.32. The number of alkyl halides is 1. The molecule has 0 amide bonds. The number of carbonyl (C=O) groups is 1. The van der Waals surface area contributed by atoms with E-state index in [2.05, 4.69) is 15.9 Å². The van der Waals surface area contributed by atoms with Gasteiger partial charge in [0.15, 0.2) is 0 Å². The molecule has 0 unspecified atom stereocenters. The Morgan fingerprint density at radius 3 is 2.64 bits per heavy atom. The average Bonchev–Trinajstić information content (AvgIpc) is 2.25. The fraction of sp³-hybridized carbons (Fsp3) is 0.909. The molecule has 2 nitrogen and oxygen atoms in total. The molecule has 0 atom stereocenters. The molecule has 0 aromatic heterocycles. The molecule has 0 saturated carbocycles. The molecule has 1 aliphatic rings. The van der Waals surface area contributed by atoms with Crippen molar-refractivity contribution >= 4 is 21.7 Å². The Hall–Kier alpha value is 0.110. The lowest BCUT2D eigenvalue weighted by Gasteiger charge is -2.21. The smallest absolute Gasteiger partial charge is 0.132 e. The maximum atomic E-state index is 11.4. The molecule has 82 valence electrons. The summed E-state index contributed by atoms with van der Waals surface area (Å²) in [7, 11) is 0. The van der Waals surface area contributed by atoms with Gasteiger partial charge in [0.25, 0.3) is 0 Å². The van der Waals surface area contributed by atoms with Crippen molar-refractivity contribution in [3.8, 4) is 0 Å². The van der Waals surface area contributed by atoms with Gasteiger partial charge >= 0.3 is 0 Å². The van der Waals surface area contributed by atoms with Crippen LogP contribution in [-0.2, 0) is 9.53 Å². The quantitative estimate of drug-likeness (QED) is 0.689. The normalized spacial score (nSPS) is 18.4. The van der Waals surface area contributed by atoms with Gasteiger partial charge < -0.3 is 4.74 Å². The number of hydrogen-bond donors (Lipinski definition) is 0. The first kappa shape index (κ1) is 12.2. The monoisotopic (exact) mass is 262 g/mol. The fourth-order valence-electron chi connectivity index (χ4n) is 1.79. The van der Waals surface area contributed by atoms with Gasteiger partial charge in [0.1, 0.15) is 5.78 Å². The predicted molar refractivity (Wildman–Crippen MR) is 60.8 cm³/mol. The summed E-state index contributed by atoms with van der Waals surface area (Å²) in [5.74, 6) is 1.16. The van der Waals surface area contributed by atoms with Crippen LogP contribution in [0.5, 0.6) is 0 Å². The Morgan fingerprint density at radius 2 is 2.00 bits per heavy atom. The lowest BCUT2D eigenvalue weighted by atomic mass is 9.93. The van der Waals surface area contributed by atoms with Gasteiger partial charge in [0, 0.05) is 31.4 Å². The molecule has 1 fully saturated rings. The number of Topliss-reactive ketones (excluding diaryl/α,β-unsaturated/α-hetero) is 1. The summed E-state index contributed by atoms with van der Waals surface area (Å²) in [5, 5.41) is 0.940. The second-order valence-electron chi connectivity index (χ2n) is 3.93. The van der Waals surface area contributed by atoms with Crippen molar-refractivity contribution in [2.45, 2.75) is 38.5 Å². The topological polar surface area (TPSA) is 26.3 Å². The molecule has 0 aliphatic carbocycles. The highest BCUT2D eigenvalue weighted by Gasteiger charge is 2.14. The summed E-state index contributed by atoms with van der Waals surface area (Å²) in [4.78, 5) is 11.4. The number of ether oxygens (including phenoxy) is 1. The Kier molecular flexibility index (Phi) is 6.45. The van der Waals surface area contributed by atoms with E-state index in [9.17, 15) is 4.79 Å². The molecule has 3 heteroatoms. The zero-order chi connectivity index (χ0) is 10.2. The van der Waals surface area contributed by atoms with Crippen molar-refractivity contribution in [2.75, 3.05) is 18.5 Å². The summed E-state index contributed by atoms with van der Waals surface area (Å²) >= 11 is 3.34. The maximum Gasteiger partial charge on any atom is 0.132 e. The van der Waals surface area contributed by atoms with E-state index in [1.165, 1.54) is 0 Å². The van der Waals surface area contributed by atoms with Gasteiger partial charge in [-0.25, -0.2) is 0 Å². The molecule has 0 spiro atoms. The highest BCUT2D eigenvalue weighted by molar-refractivity contribution is 9.09. The maximum absolute atomic E-state index is 11.4. The van der Waals surface area contributed by atoms with Crippen LogP contribution < -0.4 is 0 Å². The van der Waals surface area contributed by atoms with Crippen LogP contribution in [0, 0.1) is 5.92 Å². The third-order valence-electron chi connectivity index (χ3n) is 2.76. The molecule has 1 saturated heterocycles. The second kappa shape index (κ2) is 7.41. The molecule has 1 aliphatic heterocycles. The first-order valence-electron chi connectivity index (χ1n) is 5.48. The summed E-state index contributed by atoms with van der Waals surface area (Å²) in [6, 6.07) is 0. The highest BCUT2D eigenvalue weighted by atomic mass is 79.9. The van der Waals surface area contributed by atoms with Gasteiger partial charge in [-0.15, -0.1) is 0 Å². The van der Waals surface area contributed by atoms with E-state index in [0.717, 1.165) is 63.0 Å². The average molecular weight is 263 g/mol. The first-order chi connectivity index (χ1) is 6.83. The van der Waals surface area contributed by atoms with Gasteiger partial charge in [0.05, 0.1) is 0 Å². The molecule has 1 heterocycles. The summed E-state index contributed by atoms with van der Waals surface area (Å²) in [6.07, 6.45) is 5.86. The minimum absolute atomic E-state index is 0.427. The molecule has 0 aromatic rings. The lowest BCUT2D eigenvalue weighted by Crippen LogP contribution is -2.16. The van der Waals surface area contributed by atoms with Crippen LogP contribution in [0.1, 0.15) is 38.5 Å². The van der Waals surface area contributed by atoms with E-state index in [4.69, 9.17) is 4.74 Å². The largest absolute Gasteiger partial charge is 0.381 e. The van der Waals surface area contributed by atoms with Crippen molar-refractivity contribution in [3.05, 3.63) is 0 Å². The SMILES string of the molecule is O=C(CCCBr)CCC1CCOCC1. The zero-order valence-electron chi connectivity index (χ0n) is 8.64. The minimum atomic E-state index is 0.427. The third kappa shape index (κ3) is 5.11. The lowest BCUT2D eigenvalue weighted by molar-refractivity contribution is -0.119. The van der Waals surface area contributed by atoms with Crippen LogP contribution in [0.15, 0.2) is 0 Å². The van der Waals surface area contributed by atoms with E-state index >= 15 is 0 Å². The number of hydrogen-bond acceptors (Lipinski definition) is 2. The van der Waals surface area contributed by atoms with Crippen LogP contribution in [0.3, 0.4) is 0 Å². The van der Waals surface area contributed by atoms with Gasteiger partial charge in [-0.2, -0.15) is 0 Å². The Labute approximate surface area is 94.5 Å². The molecular formula is C11H19BrO2. The molecule has 1 rings (SSSR count). The molecule has 0 radical (unpaired) electrons. The Balaban J connectivity index is 2.03. The van der Waals surface area contributed by atoms with Crippen molar-refractivity contribution in [1.82, 2.24) is 0 Å². The van der Waals surface area contributed by atoms with Gasteiger partial charge in [-0.1, -0.05) is 15.9 Å². The van der Waals surface area contributed by atoms with Crippen LogP contribution in [-0.4, -0.2) is 24.3 Å². The number of rotatable bonds is 6. The minimum Gasteiger partial charge on any atom is -0.381 e. The van der Waals surface area contributed by atoms with Crippen LogP contribution in [0.25, 0.3) is 0 Å². The van der Waals surface area contributed by atoms with E-state index in [1.54, 1.807) is 0 Å². The van der Waals surface area contributed by atoms with E-state index < -0.39 is 0 Å². The van der Waals surface area contributed by atoms with Crippen molar-refractivity contribution in [2.24, 2.45) is 5.92 Å². The summed E-state index contributed by atoms with van der Waals surface area (Å²) < 4.78 is 5.28. The first-order valence-corrected chi connectivity index (χ1v) is 6.60. The van der Waals surface area contributed by atoms with E-state index in [0.29, 0.717) is 5.78 Å². The molecule has 0 N–H and O–H groups in total. The van der Waals surface area contributed by atoms with Gasteiger partial charge in [-0.3, -0.25) is 4.79 Å².